The Morgan fingerprint density at radius 2 is 2.14 bits per heavy atom. The van der Waals surface area contributed by atoms with Crippen molar-refractivity contribution in [3.8, 4) is 0 Å². The second-order valence-electron chi connectivity index (χ2n) is 5.23. The van der Waals surface area contributed by atoms with E-state index >= 15 is 0 Å². The number of hydrogen-bond donors (Lipinski definition) is 1. The third-order valence-electron chi connectivity index (χ3n) is 3.46. The summed E-state index contributed by atoms with van der Waals surface area (Å²) in [7, 11) is 0. The van der Waals surface area contributed by atoms with Gasteiger partial charge in [-0.25, -0.2) is 0 Å². The van der Waals surface area contributed by atoms with E-state index in [2.05, 4.69) is 57.5 Å². The average molecular weight is 284 g/mol. The van der Waals surface area contributed by atoms with E-state index in [1.54, 1.807) is 6.92 Å². The minimum Gasteiger partial charge on any atom is -0.424 e. The van der Waals surface area contributed by atoms with Crippen LogP contribution in [0.3, 0.4) is 0 Å². The molecule has 0 radical (unpaired) electrons. The molecule has 0 aliphatic heterocycles. The smallest absolute Gasteiger partial charge is 0.236 e. The first kappa shape index (κ1) is 13.8. The van der Waals surface area contributed by atoms with Crippen molar-refractivity contribution in [2.75, 3.05) is 6.54 Å². The monoisotopic (exact) mass is 284 g/mol. The summed E-state index contributed by atoms with van der Waals surface area (Å²) >= 11 is 0. The second-order valence-corrected chi connectivity index (χ2v) is 5.23. The highest BCUT2D eigenvalue weighted by Gasteiger charge is 2.07. The maximum absolute atomic E-state index is 5.44. The molecular weight excluding hydrogens is 264 g/mol. The van der Waals surface area contributed by atoms with Crippen molar-refractivity contribution in [2.45, 2.75) is 33.4 Å². The first-order valence-corrected chi connectivity index (χ1v) is 7.33. The minimum absolute atomic E-state index is 0.603. The molecular formula is C16H20N4O. The van der Waals surface area contributed by atoms with Crippen LogP contribution in [0.15, 0.2) is 34.9 Å². The van der Waals surface area contributed by atoms with Crippen LogP contribution in [0, 0.1) is 6.92 Å². The van der Waals surface area contributed by atoms with E-state index in [0.717, 1.165) is 19.5 Å². The Labute approximate surface area is 124 Å². The highest BCUT2D eigenvalue weighted by molar-refractivity contribution is 5.80. The Balaban J connectivity index is 1.79. The lowest BCUT2D eigenvalue weighted by Gasteiger charge is -2.05. The third-order valence-corrected chi connectivity index (χ3v) is 3.46. The Kier molecular flexibility index (Phi) is 4.01. The van der Waals surface area contributed by atoms with Gasteiger partial charge < -0.3 is 14.3 Å². The van der Waals surface area contributed by atoms with Crippen LogP contribution >= 0.6 is 0 Å². The molecule has 0 spiro atoms. The lowest BCUT2D eigenvalue weighted by Crippen LogP contribution is -2.13. The van der Waals surface area contributed by atoms with Crippen molar-refractivity contribution >= 4 is 10.9 Å². The molecule has 0 aliphatic rings. The van der Waals surface area contributed by atoms with Crippen molar-refractivity contribution < 1.29 is 4.42 Å². The molecule has 3 aromatic rings. The molecule has 1 aromatic carbocycles. The zero-order chi connectivity index (χ0) is 14.7. The van der Waals surface area contributed by atoms with Gasteiger partial charge in [-0.05, 0) is 42.1 Å². The van der Waals surface area contributed by atoms with Gasteiger partial charge in [0.2, 0.25) is 11.8 Å². The van der Waals surface area contributed by atoms with Crippen LogP contribution in [-0.4, -0.2) is 21.3 Å². The molecule has 0 saturated carbocycles. The molecule has 0 atom stereocenters. The number of fused-ring (bicyclic) bond motifs is 1. The van der Waals surface area contributed by atoms with Gasteiger partial charge in [-0.2, -0.15) is 0 Å². The van der Waals surface area contributed by atoms with E-state index < -0.39 is 0 Å². The molecule has 0 bridgehead atoms. The van der Waals surface area contributed by atoms with E-state index in [1.165, 1.54) is 16.5 Å². The number of hydrogen-bond acceptors (Lipinski definition) is 4. The summed E-state index contributed by atoms with van der Waals surface area (Å²) in [5.41, 5.74) is 2.49. The summed E-state index contributed by atoms with van der Waals surface area (Å²) < 4.78 is 7.57. The summed E-state index contributed by atoms with van der Waals surface area (Å²) in [6.45, 7) is 6.56. The third kappa shape index (κ3) is 3.13. The minimum atomic E-state index is 0.603. The summed E-state index contributed by atoms with van der Waals surface area (Å²) in [5, 5.41) is 12.6. The number of benzene rings is 1. The highest BCUT2D eigenvalue weighted by Crippen LogP contribution is 2.19. The zero-order valence-corrected chi connectivity index (χ0v) is 12.5. The Morgan fingerprint density at radius 1 is 1.24 bits per heavy atom. The highest BCUT2D eigenvalue weighted by atomic mass is 16.4. The SMILES string of the molecule is CCCNCc1ccc2c(ccn2Cc2nnc(C)o2)c1. The predicted molar refractivity (Wildman–Crippen MR) is 82.1 cm³/mol. The van der Waals surface area contributed by atoms with Crippen molar-refractivity contribution in [3.05, 3.63) is 47.8 Å². The molecule has 0 saturated heterocycles. The van der Waals surface area contributed by atoms with E-state index in [0.29, 0.717) is 18.3 Å². The van der Waals surface area contributed by atoms with Gasteiger partial charge >= 0.3 is 0 Å². The fourth-order valence-electron chi connectivity index (χ4n) is 2.45. The zero-order valence-electron chi connectivity index (χ0n) is 12.5. The van der Waals surface area contributed by atoms with Crippen LogP contribution in [-0.2, 0) is 13.1 Å². The van der Waals surface area contributed by atoms with Gasteiger partial charge in [0.05, 0.1) is 0 Å². The van der Waals surface area contributed by atoms with E-state index in [1.807, 2.05) is 0 Å². The summed E-state index contributed by atoms with van der Waals surface area (Å²) in [4.78, 5) is 0. The number of aryl methyl sites for hydroxylation is 1. The fraction of sp³-hybridized carbons (Fsp3) is 0.375. The number of aromatic nitrogens is 3. The number of nitrogens with zero attached hydrogens (tertiary/aromatic N) is 3. The van der Waals surface area contributed by atoms with E-state index in [9.17, 15) is 0 Å². The molecule has 5 heteroatoms. The Morgan fingerprint density at radius 3 is 2.90 bits per heavy atom. The van der Waals surface area contributed by atoms with Crippen LogP contribution in [0.2, 0.25) is 0 Å². The molecule has 0 fully saturated rings. The van der Waals surface area contributed by atoms with Gasteiger partial charge in [0, 0.05) is 25.2 Å². The van der Waals surface area contributed by atoms with Crippen LogP contribution in [0.4, 0.5) is 0 Å². The molecule has 5 nitrogen and oxygen atoms in total. The maximum atomic E-state index is 5.44. The first-order valence-electron chi connectivity index (χ1n) is 7.33. The molecule has 110 valence electrons. The normalized spacial score (nSPS) is 11.3. The van der Waals surface area contributed by atoms with Gasteiger partial charge in [-0.1, -0.05) is 13.0 Å². The topological polar surface area (TPSA) is 55.9 Å². The molecule has 3 rings (SSSR count). The second kappa shape index (κ2) is 6.10. The van der Waals surface area contributed by atoms with Crippen LogP contribution < -0.4 is 5.32 Å². The maximum Gasteiger partial charge on any atom is 0.236 e. The fourth-order valence-corrected chi connectivity index (χ4v) is 2.45. The van der Waals surface area contributed by atoms with Gasteiger partial charge in [-0.3, -0.25) is 0 Å². The van der Waals surface area contributed by atoms with Crippen molar-refractivity contribution in [1.82, 2.24) is 20.1 Å². The summed E-state index contributed by atoms with van der Waals surface area (Å²) in [6, 6.07) is 8.68. The molecule has 0 unspecified atom stereocenters. The van der Waals surface area contributed by atoms with Crippen LogP contribution in [0.5, 0.6) is 0 Å². The van der Waals surface area contributed by atoms with Gasteiger partial charge in [0.15, 0.2) is 0 Å². The predicted octanol–water partition coefficient (Wildman–Crippen LogP) is 2.88. The van der Waals surface area contributed by atoms with Crippen molar-refractivity contribution in [3.63, 3.8) is 0 Å². The Hall–Kier alpha value is -2.14. The molecule has 21 heavy (non-hydrogen) atoms. The largest absolute Gasteiger partial charge is 0.424 e. The lowest BCUT2D eigenvalue weighted by molar-refractivity contribution is 0.457. The van der Waals surface area contributed by atoms with Gasteiger partial charge in [0.1, 0.15) is 6.54 Å². The molecule has 0 amide bonds. The van der Waals surface area contributed by atoms with Crippen molar-refractivity contribution in [2.24, 2.45) is 0 Å². The molecule has 1 N–H and O–H groups in total. The van der Waals surface area contributed by atoms with Gasteiger partial charge in [0.25, 0.3) is 0 Å². The van der Waals surface area contributed by atoms with E-state index in [4.69, 9.17) is 4.42 Å². The standard InChI is InChI=1S/C16H20N4O/c1-3-7-17-10-13-4-5-15-14(9-13)6-8-20(15)11-16-19-18-12(2)21-16/h4-6,8-9,17H,3,7,10-11H2,1-2H3. The van der Waals surface area contributed by atoms with E-state index in [-0.39, 0.29) is 0 Å². The molecule has 2 heterocycles. The van der Waals surface area contributed by atoms with Crippen LogP contribution in [0.1, 0.15) is 30.7 Å². The average Bonchev–Trinajstić information content (AvgIpc) is 3.06. The first-order chi connectivity index (χ1) is 10.3. The number of nitrogens with one attached hydrogen (secondary N) is 1. The lowest BCUT2D eigenvalue weighted by atomic mass is 10.1. The van der Waals surface area contributed by atoms with Crippen LogP contribution in [0.25, 0.3) is 10.9 Å². The quantitative estimate of drug-likeness (QED) is 0.707. The molecule has 0 aliphatic carbocycles. The Bertz CT molecular complexity index is 729. The number of rotatable bonds is 6. The molecule has 2 aromatic heterocycles. The van der Waals surface area contributed by atoms with Crippen molar-refractivity contribution in [1.29, 1.82) is 0 Å². The van der Waals surface area contributed by atoms with Gasteiger partial charge in [-0.15, -0.1) is 10.2 Å². The summed E-state index contributed by atoms with van der Waals surface area (Å²) in [6.07, 6.45) is 3.22. The summed E-state index contributed by atoms with van der Waals surface area (Å²) in [5.74, 6) is 1.24.